The number of nitrogens with one attached hydrogen (secondary N) is 1. The predicted octanol–water partition coefficient (Wildman–Crippen LogP) is 1.42. The quantitative estimate of drug-likeness (QED) is 0.558. The molecule has 1 heterocycles. The van der Waals surface area contributed by atoms with Gasteiger partial charge in [0, 0.05) is 24.1 Å². The molecule has 1 rings (SSSR count). The highest BCUT2D eigenvalue weighted by atomic mass is 32.2. The van der Waals surface area contributed by atoms with Crippen LogP contribution in [0.1, 0.15) is 26.2 Å². The zero-order valence-electron chi connectivity index (χ0n) is 8.75. The fourth-order valence-electron chi connectivity index (χ4n) is 1.34. The monoisotopic (exact) mass is 217 g/mol. The van der Waals surface area contributed by atoms with Crippen molar-refractivity contribution in [1.29, 1.82) is 0 Å². The van der Waals surface area contributed by atoms with E-state index in [-0.39, 0.29) is 5.97 Å². The van der Waals surface area contributed by atoms with Gasteiger partial charge in [0.15, 0.2) is 0 Å². The standard InChI is InChI=1S/C10H19NO2S/c1-2-3-5-13-10(12)7-9-8-14-6-4-11-9/h9,11H,2-8H2,1H3. The van der Waals surface area contributed by atoms with Crippen molar-refractivity contribution in [3.8, 4) is 0 Å². The van der Waals surface area contributed by atoms with Gasteiger partial charge >= 0.3 is 5.97 Å². The van der Waals surface area contributed by atoms with Gasteiger partial charge in [-0.05, 0) is 6.42 Å². The maximum atomic E-state index is 11.3. The van der Waals surface area contributed by atoms with Gasteiger partial charge in [-0.3, -0.25) is 4.79 Å². The second-order valence-corrected chi connectivity index (χ2v) is 4.65. The molecule has 1 aliphatic heterocycles. The number of carbonyl (C=O) groups excluding carboxylic acids is 1. The van der Waals surface area contributed by atoms with Crippen molar-refractivity contribution in [2.24, 2.45) is 0 Å². The Hall–Kier alpha value is -0.220. The van der Waals surface area contributed by atoms with Crippen molar-refractivity contribution in [2.45, 2.75) is 32.2 Å². The highest BCUT2D eigenvalue weighted by molar-refractivity contribution is 7.99. The normalized spacial score (nSPS) is 21.9. The third-order valence-corrected chi connectivity index (χ3v) is 3.30. The molecule has 1 unspecified atom stereocenters. The van der Waals surface area contributed by atoms with Gasteiger partial charge in [0.05, 0.1) is 13.0 Å². The van der Waals surface area contributed by atoms with Crippen molar-refractivity contribution < 1.29 is 9.53 Å². The Bertz CT molecular complexity index is 170. The lowest BCUT2D eigenvalue weighted by atomic mass is 10.2. The van der Waals surface area contributed by atoms with Crippen LogP contribution in [0.2, 0.25) is 0 Å². The van der Waals surface area contributed by atoms with E-state index in [0.717, 1.165) is 30.9 Å². The summed E-state index contributed by atoms with van der Waals surface area (Å²) in [5.41, 5.74) is 0. The third-order valence-electron chi connectivity index (χ3n) is 2.17. The number of esters is 1. The van der Waals surface area contributed by atoms with Crippen LogP contribution in [0.4, 0.5) is 0 Å². The summed E-state index contributed by atoms with van der Waals surface area (Å²) < 4.78 is 5.10. The highest BCUT2D eigenvalue weighted by Gasteiger charge is 2.17. The molecule has 3 nitrogen and oxygen atoms in total. The number of ether oxygens (including phenoxy) is 1. The summed E-state index contributed by atoms with van der Waals surface area (Å²) in [7, 11) is 0. The van der Waals surface area contributed by atoms with Crippen LogP contribution in [0, 0.1) is 0 Å². The zero-order chi connectivity index (χ0) is 10.2. The van der Waals surface area contributed by atoms with E-state index in [1.165, 1.54) is 0 Å². The summed E-state index contributed by atoms with van der Waals surface area (Å²) >= 11 is 1.90. The largest absolute Gasteiger partial charge is 0.466 e. The number of thioether (sulfide) groups is 1. The highest BCUT2D eigenvalue weighted by Crippen LogP contribution is 2.10. The molecule has 0 aromatic carbocycles. The molecule has 0 radical (unpaired) electrons. The van der Waals surface area contributed by atoms with E-state index in [1.807, 2.05) is 11.8 Å². The number of hydrogen-bond donors (Lipinski definition) is 1. The van der Waals surface area contributed by atoms with Crippen LogP contribution in [-0.4, -0.2) is 36.7 Å². The first kappa shape index (κ1) is 11.9. The topological polar surface area (TPSA) is 38.3 Å². The fraction of sp³-hybridized carbons (Fsp3) is 0.900. The minimum absolute atomic E-state index is 0.0570. The minimum Gasteiger partial charge on any atom is -0.466 e. The maximum Gasteiger partial charge on any atom is 0.307 e. The number of carbonyl (C=O) groups is 1. The molecular formula is C10H19NO2S. The Morgan fingerprint density at radius 3 is 3.14 bits per heavy atom. The first-order valence-electron chi connectivity index (χ1n) is 5.29. The lowest BCUT2D eigenvalue weighted by molar-refractivity contribution is -0.144. The van der Waals surface area contributed by atoms with E-state index in [4.69, 9.17) is 4.74 Å². The molecule has 0 aromatic rings. The van der Waals surface area contributed by atoms with Crippen molar-refractivity contribution in [3.63, 3.8) is 0 Å². The van der Waals surface area contributed by atoms with E-state index >= 15 is 0 Å². The lowest BCUT2D eigenvalue weighted by Crippen LogP contribution is -2.39. The molecule has 4 heteroatoms. The molecular weight excluding hydrogens is 198 g/mol. The summed E-state index contributed by atoms with van der Waals surface area (Å²) in [6.45, 7) is 3.68. The van der Waals surface area contributed by atoms with Crippen LogP contribution >= 0.6 is 11.8 Å². The van der Waals surface area contributed by atoms with E-state index in [1.54, 1.807) is 0 Å². The Balaban J connectivity index is 2.06. The smallest absolute Gasteiger partial charge is 0.307 e. The first-order valence-corrected chi connectivity index (χ1v) is 6.45. The summed E-state index contributed by atoms with van der Waals surface area (Å²) in [5.74, 6) is 2.13. The van der Waals surface area contributed by atoms with E-state index in [9.17, 15) is 4.79 Å². The second kappa shape index (κ2) is 7.12. The first-order chi connectivity index (χ1) is 6.83. The summed E-state index contributed by atoms with van der Waals surface area (Å²) in [6.07, 6.45) is 2.57. The van der Waals surface area contributed by atoms with Gasteiger partial charge in [-0.1, -0.05) is 13.3 Å². The second-order valence-electron chi connectivity index (χ2n) is 3.50. The van der Waals surface area contributed by atoms with Crippen molar-refractivity contribution >= 4 is 17.7 Å². The van der Waals surface area contributed by atoms with Gasteiger partial charge < -0.3 is 10.1 Å². The third kappa shape index (κ3) is 4.86. The van der Waals surface area contributed by atoms with Gasteiger partial charge in [-0.2, -0.15) is 11.8 Å². The van der Waals surface area contributed by atoms with E-state index in [0.29, 0.717) is 19.1 Å². The zero-order valence-corrected chi connectivity index (χ0v) is 9.57. The van der Waals surface area contributed by atoms with Crippen LogP contribution in [-0.2, 0) is 9.53 Å². The fourth-order valence-corrected chi connectivity index (χ4v) is 2.29. The van der Waals surface area contributed by atoms with Crippen molar-refractivity contribution in [2.75, 3.05) is 24.7 Å². The average Bonchev–Trinajstić information content (AvgIpc) is 2.20. The van der Waals surface area contributed by atoms with Gasteiger partial charge in [-0.25, -0.2) is 0 Å². The molecule has 1 aliphatic rings. The summed E-state index contributed by atoms with van der Waals surface area (Å²) in [4.78, 5) is 11.3. The molecule has 0 bridgehead atoms. The maximum absolute atomic E-state index is 11.3. The number of hydrogen-bond acceptors (Lipinski definition) is 4. The Kier molecular flexibility index (Phi) is 6.03. The lowest BCUT2D eigenvalue weighted by Gasteiger charge is -2.22. The van der Waals surface area contributed by atoms with Crippen LogP contribution in [0.15, 0.2) is 0 Å². The number of unbranched alkanes of at least 4 members (excludes halogenated alkanes) is 1. The molecule has 0 aromatic heterocycles. The van der Waals surface area contributed by atoms with Crippen molar-refractivity contribution in [3.05, 3.63) is 0 Å². The van der Waals surface area contributed by atoms with Gasteiger partial charge in [0.1, 0.15) is 0 Å². The SMILES string of the molecule is CCCCOC(=O)CC1CSCCN1. The molecule has 1 saturated heterocycles. The summed E-state index contributed by atoms with van der Waals surface area (Å²) in [6, 6.07) is 0.322. The molecule has 1 fully saturated rings. The van der Waals surface area contributed by atoms with Gasteiger partial charge in [-0.15, -0.1) is 0 Å². The van der Waals surface area contributed by atoms with Crippen LogP contribution < -0.4 is 5.32 Å². The van der Waals surface area contributed by atoms with Crippen molar-refractivity contribution in [1.82, 2.24) is 5.32 Å². The van der Waals surface area contributed by atoms with Gasteiger partial charge in [0.25, 0.3) is 0 Å². The Morgan fingerprint density at radius 2 is 2.50 bits per heavy atom. The average molecular weight is 217 g/mol. The molecule has 0 saturated carbocycles. The molecule has 0 amide bonds. The molecule has 14 heavy (non-hydrogen) atoms. The molecule has 1 atom stereocenters. The molecule has 82 valence electrons. The Morgan fingerprint density at radius 1 is 1.64 bits per heavy atom. The molecule has 0 aliphatic carbocycles. The van der Waals surface area contributed by atoms with Crippen LogP contribution in [0.3, 0.4) is 0 Å². The van der Waals surface area contributed by atoms with E-state index < -0.39 is 0 Å². The Labute approximate surface area is 90.0 Å². The minimum atomic E-state index is -0.0570. The van der Waals surface area contributed by atoms with Gasteiger partial charge in [0.2, 0.25) is 0 Å². The number of rotatable bonds is 5. The van der Waals surface area contributed by atoms with Crippen LogP contribution in [0.25, 0.3) is 0 Å². The predicted molar refractivity (Wildman–Crippen MR) is 59.6 cm³/mol. The summed E-state index contributed by atoms with van der Waals surface area (Å²) in [5, 5.41) is 3.32. The van der Waals surface area contributed by atoms with Crippen LogP contribution in [0.5, 0.6) is 0 Å². The van der Waals surface area contributed by atoms with E-state index in [2.05, 4.69) is 12.2 Å². The molecule has 1 N–H and O–H groups in total. The molecule has 0 spiro atoms.